The van der Waals surface area contributed by atoms with Gasteiger partial charge >= 0.3 is 5.95 Å². The summed E-state index contributed by atoms with van der Waals surface area (Å²) in [7, 11) is 0. The van der Waals surface area contributed by atoms with Crippen molar-refractivity contribution in [3.63, 3.8) is 0 Å². The summed E-state index contributed by atoms with van der Waals surface area (Å²) >= 11 is 0. The van der Waals surface area contributed by atoms with E-state index in [0.29, 0.717) is 38.1 Å². The summed E-state index contributed by atoms with van der Waals surface area (Å²) in [6, 6.07) is 0.0542. The van der Waals surface area contributed by atoms with Crippen LogP contribution in [0.25, 0.3) is 0 Å². The van der Waals surface area contributed by atoms with Crippen LogP contribution in [0.5, 0.6) is 0 Å². The van der Waals surface area contributed by atoms with Crippen LogP contribution in [0, 0.1) is 22.0 Å². The van der Waals surface area contributed by atoms with Gasteiger partial charge in [0.2, 0.25) is 5.82 Å². The van der Waals surface area contributed by atoms with Gasteiger partial charge in [-0.1, -0.05) is 6.92 Å². The fraction of sp³-hybridized carbons (Fsp3) is 0.818. The lowest BCUT2D eigenvalue weighted by Crippen LogP contribution is -2.35. The van der Waals surface area contributed by atoms with Crippen molar-refractivity contribution in [3.8, 4) is 0 Å². The second-order valence-corrected chi connectivity index (χ2v) is 5.05. The highest BCUT2D eigenvalue weighted by molar-refractivity contribution is 5.08. The molecular formula is C11H18FN3O3. The van der Waals surface area contributed by atoms with E-state index in [1.54, 1.807) is 4.90 Å². The van der Waals surface area contributed by atoms with E-state index in [0.717, 1.165) is 0 Å². The van der Waals surface area contributed by atoms with Crippen LogP contribution in [0.3, 0.4) is 0 Å². The highest BCUT2D eigenvalue weighted by atomic mass is 19.1. The first-order chi connectivity index (χ1) is 8.50. The monoisotopic (exact) mass is 259 g/mol. The number of nitro groups is 1. The van der Waals surface area contributed by atoms with Crippen LogP contribution < -0.4 is 5.32 Å². The minimum Gasteiger partial charge on any atom is -0.381 e. The Morgan fingerprint density at radius 1 is 1.61 bits per heavy atom. The quantitative estimate of drug-likeness (QED) is 0.464. The third-order valence-corrected chi connectivity index (χ3v) is 3.69. The number of nitrogens with zero attached hydrogens (tertiary/aromatic N) is 2. The molecule has 0 amide bonds. The van der Waals surface area contributed by atoms with E-state index < -0.39 is 10.9 Å². The molecule has 0 aliphatic carbocycles. The maximum absolute atomic E-state index is 13.5. The normalized spacial score (nSPS) is 34.6. The van der Waals surface area contributed by atoms with E-state index in [4.69, 9.17) is 4.74 Å². The zero-order chi connectivity index (χ0) is 13.3. The molecule has 2 fully saturated rings. The van der Waals surface area contributed by atoms with Gasteiger partial charge in [0.25, 0.3) is 0 Å². The minimum atomic E-state index is -1.30. The molecule has 0 aromatic carbocycles. The molecule has 18 heavy (non-hydrogen) atoms. The first-order valence-corrected chi connectivity index (χ1v) is 6.13. The number of halogens is 1. The molecular weight excluding hydrogens is 241 g/mol. The average molecular weight is 259 g/mol. The Morgan fingerprint density at radius 3 is 2.89 bits per heavy atom. The van der Waals surface area contributed by atoms with E-state index in [-0.39, 0.29) is 11.9 Å². The zero-order valence-electron chi connectivity index (χ0n) is 10.6. The summed E-state index contributed by atoms with van der Waals surface area (Å²) in [5, 5.41) is 13.3. The summed E-state index contributed by atoms with van der Waals surface area (Å²) < 4.78 is 18.8. The van der Waals surface area contributed by atoms with Gasteiger partial charge in [-0.25, -0.2) is 0 Å². The Bertz CT molecular complexity index is 375. The topological polar surface area (TPSA) is 67.6 Å². The lowest BCUT2D eigenvalue weighted by Gasteiger charge is -2.26. The minimum absolute atomic E-state index is 0.00611. The van der Waals surface area contributed by atoms with Crippen LogP contribution in [0.4, 0.5) is 4.39 Å². The lowest BCUT2D eigenvalue weighted by atomic mass is 9.97. The molecule has 2 heterocycles. The molecule has 0 spiro atoms. The van der Waals surface area contributed by atoms with Crippen molar-refractivity contribution >= 4 is 0 Å². The van der Waals surface area contributed by atoms with Crippen molar-refractivity contribution in [2.45, 2.75) is 19.9 Å². The largest absolute Gasteiger partial charge is 0.460 e. The highest BCUT2D eigenvalue weighted by Gasteiger charge is 2.36. The molecule has 1 N–H and O–H groups in total. The Morgan fingerprint density at radius 2 is 2.33 bits per heavy atom. The van der Waals surface area contributed by atoms with E-state index >= 15 is 0 Å². The van der Waals surface area contributed by atoms with E-state index in [2.05, 4.69) is 12.2 Å². The van der Waals surface area contributed by atoms with Crippen molar-refractivity contribution in [3.05, 3.63) is 21.9 Å². The Kier molecular flexibility index (Phi) is 3.70. The van der Waals surface area contributed by atoms with Gasteiger partial charge in [-0.3, -0.25) is 10.1 Å². The third kappa shape index (κ3) is 2.40. The summed E-state index contributed by atoms with van der Waals surface area (Å²) in [6.07, 6.45) is 0. The number of hydrogen-bond acceptors (Lipinski definition) is 5. The summed E-state index contributed by atoms with van der Waals surface area (Å²) in [4.78, 5) is 11.3. The molecule has 2 aliphatic rings. The van der Waals surface area contributed by atoms with Gasteiger partial charge in [0, 0.05) is 31.7 Å². The Hall–Kier alpha value is -1.37. The van der Waals surface area contributed by atoms with E-state index in [1.807, 2.05) is 6.92 Å². The fourth-order valence-electron chi connectivity index (χ4n) is 2.42. The van der Waals surface area contributed by atoms with Gasteiger partial charge in [0.05, 0.1) is 11.5 Å². The molecule has 2 aliphatic heterocycles. The molecule has 0 radical (unpaired) electrons. The Balaban J connectivity index is 2.13. The zero-order valence-corrected chi connectivity index (χ0v) is 10.6. The number of ether oxygens (including phenoxy) is 1. The van der Waals surface area contributed by atoms with E-state index in [9.17, 15) is 14.5 Å². The molecule has 3 atom stereocenters. The van der Waals surface area contributed by atoms with Gasteiger partial charge < -0.3 is 15.0 Å². The van der Waals surface area contributed by atoms with Gasteiger partial charge in [-0.2, -0.15) is 0 Å². The molecule has 0 saturated carbocycles. The molecule has 0 aromatic heterocycles. The number of rotatable bonds is 3. The predicted octanol–water partition coefficient (Wildman–Crippen LogP) is 0.935. The van der Waals surface area contributed by atoms with Gasteiger partial charge in [-0.15, -0.1) is 4.39 Å². The SMILES string of the molecule is CC1COCC1CN1C(=C(F)[N+](=O)[O-])NCC1C. The Labute approximate surface area is 105 Å². The molecule has 2 rings (SSSR count). The average Bonchev–Trinajstić information content (AvgIpc) is 2.87. The van der Waals surface area contributed by atoms with Crippen molar-refractivity contribution < 1.29 is 14.1 Å². The smallest absolute Gasteiger partial charge is 0.381 e. The van der Waals surface area contributed by atoms with Gasteiger partial charge in [0.1, 0.15) is 0 Å². The van der Waals surface area contributed by atoms with Crippen LogP contribution in [0.15, 0.2) is 11.8 Å². The van der Waals surface area contributed by atoms with Crippen LogP contribution in [-0.2, 0) is 4.74 Å². The van der Waals surface area contributed by atoms with Crippen molar-refractivity contribution in [2.75, 3.05) is 26.3 Å². The van der Waals surface area contributed by atoms with Gasteiger partial charge in [-0.05, 0) is 12.8 Å². The molecule has 2 saturated heterocycles. The standard InChI is InChI=1S/C11H18FN3O3/c1-7-5-18-6-9(7)4-14-8(2)3-13-11(14)10(12)15(16)17/h7-9,13H,3-6H2,1-2H3. The van der Waals surface area contributed by atoms with Gasteiger partial charge in [0.15, 0.2) is 0 Å². The number of hydrogen-bond donors (Lipinski definition) is 1. The predicted molar refractivity (Wildman–Crippen MR) is 62.8 cm³/mol. The second-order valence-electron chi connectivity index (χ2n) is 5.05. The summed E-state index contributed by atoms with van der Waals surface area (Å²) in [5.74, 6) is -0.600. The first-order valence-electron chi connectivity index (χ1n) is 6.13. The molecule has 102 valence electrons. The first kappa shape index (κ1) is 13.1. The summed E-state index contributed by atoms with van der Waals surface area (Å²) in [5.41, 5.74) is 0. The van der Waals surface area contributed by atoms with Crippen LogP contribution >= 0.6 is 0 Å². The fourth-order valence-corrected chi connectivity index (χ4v) is 2.42. The van der Waals surface area contributed by atoms with Crippen LogP contribution in [0.2, 0.25) is 0 Å². The highest BCUT2D eigenvalue weighted by Crippen LogP contribution is 2.26. The van der Waals surface area contributed by atoms with Crippen molar-refractivity contribution in [1.29, 1.82) is 0 Å². The molecule has 3 unspecified atom stereocenters. The molecule has 6 nitrogen and oxygen atoms in total. The second kappa shape index (κ2) is 5.09. The summed E-state index contributed by atoms with van der Waals surface area (Å²) in [6.45, 7) is 6.46. The molecule has 0 bridgehead atoms. The van der Waals surface area contributed by atoms with Crippen molar-refractivity contribution in [2.24, 2.45) is 11.8 Å². The molecule has 7 heteroatoms. The lowest BCUT2D eigenvalue weighted by molar-refractivity contribution is -0.449. The van der Waals surface area contributed by atoms with Crippen LogP contribution in [-0.4, -0.2) is 42.2 Å². The van der Waals surface area contributed by atoms with Crippen molar-refractivity contribution in [1.82, 2.24) is 10.2 Å². The van der Waals surface area contributed by atoms with Crippen LogP contribution in [0.1, 0.15) is 13.8 Å². The third-order valence-electron chi connectivity index (χ3n) is 3.69. The maximum atomic E-state index is 13.5. The maximum Gasteiger partial charge on any atom is 0.460 e. The molecule has 0 aromatic rings. The van der Waals surface area contributed by atoms with E-state index in [1.165, 1.54) is 0 Å². The number of nitrogens with one attached hydrogen (secondary N) is 1.